The number of thiazole rings is 1. The molecule has 4 heteroatoms. The van der Waals surface area contributed by atoms with Gasteiger partial charge in [-0.2, -0.15) is 0 Å². The fraction of sp³-hybridized carbons (Fsp3) is 0.400. The Bertz CT molecular complexity index is 582. The van der Waals surface area contributed by atoms with E-state index in [1.807, 2.05) is 23.5 Å². The van der Waals surface area contributed by atoms with E-state index in [9.17, 15) is 0 Å². The van der Waals surface area contributed by atoms with E-state index >= 15 is 0 Å². The number of aryl methyl sites for hydroxylation is 2. The average Bonchev–Trinajstić information content (AvgIpc) is 2.64. The van der Waals surface area contributed by atoms with E-state index in [-0.39, 0.29) is 5.41 Å². The quantitative estimate of drug-likeness (QED) is 0.936. The Hall–Kier alpha value is -0.900. The van der Waals surface area contributed by atoms with Crippen LogP contribution in [0.3, 0.4) is 0 Å². The van der Waals surface area contributed by atoms with Crippen LogP contribution in [0, 0.1) is 13.8 Å². The Kier molecular flexibility index (Phi) is 3.37. The van der Waals surface area contributed by atoms with E-state index in [4.69, 9.17) is 11.6 Å². The second-order valence-corrected chi connectivity index (χ2v) is 6.98. The molecule has 0 amide bonds. The van der Waals surface area contributed by atoms with Crippen LogP contribution < -0.4 is 5.32 Å². The molecule has 2 heterocycles. The SMILES string of the molecule is Cc1nc(CC2(c3ccccc3Cl)CNC2)sc1C. The molecule has 1 aliphatic heterocycles. The van der Waals surface area contributed by atoms with Crippen LogP contribution in [0.15, 0.2) is 24.3 Å². The third-order valence-corrected chi connectivity index (χ3v) is 5.34. The molecule has 3 rings (SSSR count). The van der Waals surface area contributed by atoms with Crippen LogP contribution in [0.5, 0.6) is 0 Å². The summed E-state index contributed by atoms with van der Waals surface area (Å²) in [6.45, 7) is 6.18. The second-order valence-electron chi connectivity index (χ2n) is 5.29. The maximum Gasteiger partial charge on any atom is 0.0940 e. The highest BCUT2D eigenvalue weighted by atomic mass is 35.5. The van der Waals surface area contributed by atoms with Crippen LogP contribution in [-0.2, 0) is 11.8 Å². The zero-order chi connectivity index (χ0) is 13.5. The number of halogens is 1. The average molecular weight is 293 g/mol. The van der Waals surface area contributed by atoms with Crippen LogP contribution in [0.25, 0.3) is 0 Å². The maximum absolute atomic E-state index is 6.38. The van der Waals surface area contributed by atoms with Gasteiger partial charge in [-0.3, -0.25) is 0 Å². The van der Waals surface area contributed by atoms with Gasteiger partial charge in [0, 0.05) is 34.8 Å². The summed E-state index contributed by atoms with van der Waals surface area (Å²) >= 11 is 8.19. The highest BCUT2D eigenvalue weighted by Gasteiger charge is 2.40. The maximum atomic E-state index is 6.38. The lowest BCUT2D eigenvalue weighted by Gasteiger charge is -2.43. The third-order valence-electron chi connectivity index (χ3n) is 3.93. The minimum absolute atomic E-state index is 0.120. The third kappa shape index (κ3) is 2.31. The first kappa shape index (κ1) is 13.1. The number of benzene rings is 1. The summed E-state index contributed by atoms with van der Waals surface area (Å²) in [7, 11) is 0. The molecule has 19 heavy (non-hydrogen) atoms. The van der Waals surface area contributed by atoms with Crippen LogP contribution in [0.1, 0.15) is 21.1 Å². The molecule has 0 bridgehead atoms. The van der Waals surface area contributed by atoms with Gasteiger partial charge in [0.2, 0.25) is 0 Å². The van der Waals surface area contributed by atoms with Crippen molar-refractivity contribution in [3.05, 3.63) is 50.4 Å². The number of rotatable bonds is 3. The number of hydrogen-bond acceptors (Lipinski definition) is 3. The molecule has 0 saturated carbocycles. The topological polar surface area (TPSA) is 24.9 Å². The van der Waals surface area contributed by atoms with Crippen LogP contribution >= 0.6 is 22.9 Å². The van der Waals surface area contributed by atoms with E-state index < -0.39 is 0 Å². The number of aromatic nitrogens is 1. The molecule has 1 saturated heterocycles. The lowest BCUT2D eigenvalue weighted by Crippen LogP contribution is -2.58. The molecular formula is C15H17ClN2S. The van der Waals surface area contributed by atoms with Crippen molar-refractivity contribution in [2.24, 2.45) is 0 Å². The van der Waals surface area contributed by atoms with Gasteiger partial charge in [-0.05, 0) is 25.5 Å². The number of hydrogen-bond donors (Lipinski definition) is 1. The zero-order valence-corrected chi connectivity index (χ0v) is 12.7. The smallest absolute Gasteiger partial charge is 0.0940 e. The van der Waals surface area contributed by atoms with Gasteiger partial charge in [0.05, 0.1) is 10.7 Å². The summed E-state index contributed by atoms with van der Waals surface area (Å²) in [6.07, 6.45) is 0.975. The normalized spacial score (nSPS) is 17.2. The highest BCUT2D eigenvalue weighted by molar-refractivity contribution is 7.11. The van der Waals surface area contributed by atoms with Gasteiger partial charge in [0.15, 0.2) is 0 Å². The molecule has 2 aromatic rings. The van der Waals surface area contributed by atoms with Crippen molar-refractivity contribution in [2.45, 2.75) is 25.7 Å². The van der Waals surface area contributed by atoms with Gasteiger partial charge in [-0.15, -0.1) is 11.3 Å². The van der Waals surface area contributed by atoms with E-state index in [2.05, 4.69) is 36.3 Å². The predicted octanol–water partition coefficient (Wildman–Crippen LogP) is 3.50. The molecule has 1 aromatic carbocycles. The second kappa shape index (κ2) is 4.89. The molecule has 1 fully saturated rings. The minimum atomic E-state index is 0.120. The van der Waals surface area contributed by atoms with Gasteiger partial charge >= 0.3 is 0 Å². The van der Waals surface area contributed by atoms with Crippen LogP contribution in [0.2, 0.25) is 5.02 Å². The first-order chi connectivity index (χ1) is 9.11. The Labute approximate surface area is 122 Å². The minimum Gasteiger partial charge on any atom is -0.315 e. The summed E-state index contributed by atoms with van der Waals surface area (Å²) in [5.74, 6) is 0. The predicted molar refractivity (Wildman–Crippen MR) is 81.3 cm³/mol. The Morgan fingerprint density at radius 3 is 2.58 bits per heavy atom. The lowest BCUT2D eigenvalue weighted by molar-refractivity contribution is 0.274. The van der Waals surface area contributed by atoms with Crippen molar-refractivity contribution < 1.29 is 0 Å². The molecule has 1 N–H and O–H groups in total. The van der Waals surface area contributed by atoms with Gasteiger partial charge in [0.1, 0.15) is 0 Å². The first-order valence-electron chi connectivity index (χ1n) is 6.49. The molecule has 2 nitrogen and oxygen atoms in total. The largest absolute Gasteiger partial charge is 0.315 e. The standard InChI is InChI=1S/C15H17ClN2S/c1-10-11(2)19-14(18-10)7-15(8-17-9-15)12-5-3-4-6-13(12)16/h3-6,17H,7-9H2,1-2H3. The fourth-order valence-electron chi connectivity index (χ4n) is 2.63. The molecule has 0 aliphatic carbocycles. The molecule has 1 aliphatic rings. The number of nitrogens with zero attached hydrogens (tertiary/aromatic N) is 1. The summed E-state index contributed by atoms with van der Waals surface area (Å²) in [5.41, 5.74) is 2.53. The number of nitrogens with one attached hydrogen (secondary N) is 1. The van der Waals surface area contributed by atoms with Crippen LogP contribution in [-0.4, -0.2) is 18.1 Å². The molecule has 100 valence electrons. The van der Waals surface area contributed by atoms with Crippen molar-refractivity contribution in [3.8, 4) is 0 Å². The molecular weight excluding hydrogens is 276 g/mol. The molecule has 0 unspecified atom stereocenters. The van der Waals surface area contributed by atoms with Gasteiger partial charge in [-0.1, -0.05) is 29.8 Å². The van der Waals surface area contributed by atoms with E-state index in [1.165, 1.54) is 15.4 Å². The summed E-state index contributed by atoms with van der Waals surface area (Å²) < 4.78 is 0. The molecule has 1 aromatic heterocycles. The van der Waals surface area contributed by atoms with Crippen LogP contribution in [0.4, 0.5) is 0 Å². The fourth-order valence-corrected chi connectivity index (χ4v) is 4.05. The summed E-state index contributed by atoms with van der Waals surface area (Å²) in [6, 6.07) is 8.19. The summed E-state index contributed by atoms with van der Waals surface area (Å²) in [4.78, 5) is 6.00. The van der Waals surface area contributed by atoms with Crippen molar-refractivity contribution in [1.29, 1.82) is 0 Å². The van der Waals surface area contributed by atoms with Crippen molar-refractivity contribution in [2.75, 3.05) is 13.1 Å². The zero-order valence-electron chi connectivity index (χ0n) is 11.2. The highest BCUT2D eigenvalue weighted by Crippen LogP contribution is 2.37. The first-order valence-corrected chi connectivity index (χ1v) is 7.69. The van der Waals surface area contributed by atoms with E-state index in [0.717, 1.165) is 30.2 Å². The summed E-state index contributed by atoms with van der Waals surface area (Å²) in [5, 5.41) is 5.48. The van der Waals surface area contributed by atoms with E-state index in [0.29, 0.717) is 0 Å². The monoisotopic (exact) mass is 292 g/mol. The Morgan fingerprint density at radius 1 is 1.32 bits per heavy atom. The van der Waals surface area contributed by atoms with Crippen molar-refractivity contribution >= 4 is 22.9 Å². The van der Waals surface area contributed by atoms with Gasteiger partial charge in [-0.25, -0.2) is 4.98 Å². The van der Waals surface area contributed by atoms with E-state index in [1.54, 1.807) is 0 Å². The molecule has 0 atom stereocenters. The Morgan fingerprint density at radius 2 is 2.05 bits per heavy atom. The van der Waals surface area contributed by atoms with Crippen molar-refractivity contribution in [1.82, 2.24) is 10.3 Å². The lowest BCUT2D eigenvalue weighted by atomic mass is 9.73. The molecule has 0 radical (unpaired) electrons. The van der Waals surface area contributed by atoms with Crippen molar-refractivity contribution in [3.63, 3.8) is 0 Å². The Balaban J connectivity index is 1.94. The van der Waals surface area contributed by atoms with Gasteiger partial charge < -0.3 is 5.32 Å². The molecule has 0 spiro atoms. The van der Waals surface area contributed by atoms with Gasteiger partial charge in [0.25, 0.3) is 0 Å².